The number of carbonyl (C=O) groups is 1. The maximum Gasteiger partial charge on any atom is 0.336 e. The first-order valence-electron chi connectivity index (χ1n) is 4.90. The summed E-state index contributed by atoms with van der Waals surface area (Å²) in [7, 11) is 0. The number of esters is 1. The second kappa shape index (κ2) is 5.25. The Balaban J connectivity index is 3.01. The zero-order valence-electron chi connectivity index (χ0n) is 8.64. The van der Waals surface area contributed by atoms with Gasteiger partial charge < -0.3 is 20.1 Å². The second-order valence-electron chi connectivity index (χ2n) is 3.58. The highest BCUT2D eigenvalue weighted by Gasteiger charge is 2.28. The fraction of sp³-hybridized carbons (Fsp3) is 0.700. The first-order chi connectivity index (χ1) is 7.11. The summed E-state index contributed by atoms with van der Waals surface area (Å²) in [6.07, 6.45) is -0.296. The van der Waals surface area contributed by atoms with E-state index in [4.69, 9.17) is 14.9 Å². The molecule has 1 rings (SSSR count). The van der Waals surface area contributed by atoms with Crippen LogP contribution in [0.3, 0.4) is 0 Å². The van der Waals surface area contributed by atoms with Gasteiger partial charge in [0.25, 0.3) is 0 Å². The molecule has 86 valence electrons. The third kappa shape index (κ3) is 2.56. The molecule has 0 spiro atoms. The average molecular weight is 216 g/mol. The summed E-state index contributed by atoms with van der Waals surface area (Å²) in [5.41, 5.74) is 0.771. The molecule has 0 aliphatic carbocycles. The van der Waals surface area contributed by atoms with Crippen molar-refractivity contribution < 1.29 is 24.9 Å². The monoisotopic (exact) mass is 216 g/mol. The van der Waals surface area contributed by atoms with Gasteiger partial charge in [0.15, 0.2) is 0 Å². The summed E-state index contributed by atoms with van der Waals surface area (Å²) in [4.78, 5) is 11.3. The minimum Gasteiger partial charge on any atom is -0.462 e. The third-order valence-electron chi connectivity index (χ3n) is 2.62. The number of hydrogen-bond donors (Lipinski definition) is 3. The van der Waals surface area contributed by atoms with Crippen molar-refractivity contribution in [2.24, 2.45) is 5.92 Å². The Kier molecular flexibility index (Phi) is 4.26. The molecule has 2 unspecified atom stereocenters. The molecule has 3 N–H and O–H groups in total. The molecular formula is C10H16O5. The Bertz CT molecular complexity index is 269. The molecule has 0 saturated heterocycles. The van der Waals surface area contributed by atoms with E-state index in [2.05, 4.69) is 0 Å². The van der Waals surface area contributed by atoms with Crippen molar-refractivity contribution in [2.75, 3.05) is 19.8 Å². The number of carbonyl (C=O) groups excluding carboxylic acids is 1. The van der Waals surface area contributed by atoms with E-state index in [-0.39, 0.29) is 18.8 Å². The first kappa shape index (κ1) is 12.2. The smallest absolute Gasteiger partial charge is 0.336 e. The van der Waals surface area contributed by atoms with Crippen LogP contribution in [0.15, 0.2) is 11.1 Å². The number of ether oxygens (including phenoxy) is 1. The van der Waals surface area contributed by atoms with Gasteiger partial charge in [0, 0.05) is 12.3 Å². The molecule has 1 aliphatic rings. The Morgan fingerprint density at radius 3 is 2.60 bits per heavy atom. The van der Waals surface area contributed by atoms with E-state index in [1.54, 1.807) is 6.92 Å². The Labute approximate surface area is 88.0 Å². The Hall–Kier alpha value is -0.910. The summed E-state index contributed by atoms with van der Waals surface area (Å²) in [5, 5.41) is 27.6. The van der Waals surface area contributed by atoms with E-state index >= 15 is 0 Å². The van der Waals surface area contributed by atoms with Gasteiger partial charge in [-0.1, -0.05) is 0 Å². The highest BCUT2D eigenvalue weighted by molar-refractivity contribution is 5.90. The first-order valence-corrected chi connectivity index (χ1v) is 4.90. The highest BCUT2D eigenvalue weighted by atomic mass is 16.5. The summed E-state index contributed by atoms with van der Waals surface area (Å²) in [6.45, 7) is 1.12. The molecule has 0 saturated carbocycles. The van der Waals surface area contributed by atoms with Crippen LogP contribution < -0.4 is 0 Å². The zero-order valence-corrected chi connectivity index (χ0v) is 8.64. The van der Waals surface area contributed by atoms with Gasteiger partial charge >= 0.3 is 5.97 Å². The molecule has 5 heteroatoms. The Morgan fingerprint density at radius 2 is 2.13 bits per heavy atom. The van der Waals surface area contributed by atoms with Gasteiger partial charge in [-0.25, -0.2) is 4.79 Å². The van der Waals surface area contributed by atoms with Crippen LogP contribution in [0, 0.1) is 5.92 Å². The van der Waals surface area contributed by atoms with Crippen LogP contribution >= 0.6 is 0 Å². The molecule has 0 aromatic heterocycles. The topological polar surface area (TPSA) is 87.0 Å². The van der Waals surface area contributed by atoms with Gasteiger partial charge in [-0.05, 0) is 12.5 Å². The van der Waals surface area contributed by atoms with Crippen molar-refractivity contribution in [3.8, 4) is 0 Å². The SMILES string of the molecule is CC(O)C(CO)C1=C(CO)C(=O)OCC1. The molecule has 0 radical (unpaired) electrons. The summed E-state index contributed by atoms with van der Waals surface area (Å²) in [5.74, 6) is -1.06. The number of hydrogen-bond acceptors (Lipinski definition) is 5. The molecular weight excluding hydrogens is 200 g/mol. The zero-order chi connectivity index (χ0) is 11.4. The van der Waals surface area contributed by atoms with Crippen LogP contribution in [0.2, 0.25) is 0 Å². The number of aliphatic hydroxyl groups is 3. The molecule has 5 nitrogen and oxygen atoms in total. The Morgan fingerprint density at radius 1 is 1.47 bits per heavy atom. The lowest BCUT2D eigenvalue weighted by Crippen LogP contribution is -2.30. The van der Waals surface area contributed by atoms with E-state index < -0.39 is 24.6 Å². The molecule has 0 aromatic rings. The van der Waals surface area contributed by atoms with Crippen LogP contribution in [0.1, 0.15) is 13.3 Å². The van der Waals surface area contributed by atoms with Crippen LogP contribution in [-0.2, 0) is 9.53 Å². The quantitative estimate of drug-likeness (QED) is 0.536. The lowest BCUT2D eigenvalue weighted by Gasteiger charge is -2.26. The minimum atomic E-state index is -0.752. The molecule has 0 amide bonds. The second-order valence-corrected chi connectivity index (χ2v) is 3.58. The number of cyclic esters (lactones) is 1. The highest BCUT2D eigenvalue weighted by Crippen LogP contribution is 2.26. The van der Waals surface area contributed by atoms with Crippen molar-refractivity contribution in [2.45, 2.75) is 19.4 Å². The van der Waals surface area contributed by atoms with Crippen molar-refractivity contribution in [1.29, 1.82) is 0 Å². The van der Waals surface area contributed by atoms with E-state index in [1.165, 1.54) is 0 Å². The molecule has 1 aliphatic heterocycles. The van der Waals surface area contributed by atoms with Gasteiger partial charge in [0.05, 0.1) is 31.5 Å². The lowest BCUT2D eigenvalue weighted by atomic mass is 9.87. The van der Waals surface area contributed by atoms with Crippen LogP contribution in [-0.4, -0.2) is 47.2 Å². The fourth-order valence-corrected chi connectivity index (χ4v) is 1.75. The molecule has 15 heavy (non-hydrogen) atoms. The van der Waals surface area contributed by atoms with Crippen molar-refractivity contribution in [3.05, 3.63) is 11.1 Å². The normalized spacial score (nSPS) is 21.2. The predicted octanol–water partition coefficient (Wildman–Crippen LogP) is -0.789. The van der Waals surface area contributed by atoms with Gasteiger partial charge in [-0.3, -0.25) is 0 Å². The maximum absolute atomic E-state index is 11.3. The molecule has 0 bridgehead atoms. The van der Waals surface area contributed by atoms with Gasteiger partial charge in [-0.2, -0.15) is 0 Å². The van der Waals surface area contributed by atoms with Crippen molar-refractivity contribution in [3.63, 3.8) is 0 Å². The summed E-state index contributed by atoms with van der Waals surface area (Å²) < 4.78 is 4.77. The predicted molar refractivity (Wildman–Crippen MR) is 51.9 cm³/mol. The van der Waals surface area contributed by atoms with Crippen LogP contribution in [0.4, 0.5) is 0 Å². The maximum atomic E-state index is 11.3. The number of aliphatic hydroxyl groups excluding tert-OH is 3. The van der Waals surface area contributed by atoms with Gasteiger partial charge in [0.2, 0.25) is 0 Å². The molecule has 1 heterocycles. The van der Waals surface area contributed by atoms with E-state index in [0.717, 1.165) is 0 Å². The van der Waals surface area contributed by atoms with Crippen molar-refractivity contribution in [1.82, 2.24) is 0 Å². The van der Waals surface area contributed by atoms with Crippen LogP contribution in [0.5, 0.6) is 0 Å². The van der Waals surface area contributed by atoms with Crippen molar-refractivity contribution >= 4 is 5.97 Å². The average Bonchev–Trinajstić information content (AvgIpc) is 2.18. The fourth-order valence-electron chi connectivity index (χ4n) is 1.75. The van der Waals surface area contributed by atoms with E-state index in [0.29, 0.717) is 12.0 Å². The van der Waals surface area contributed by atoms with Crippen LogP contribution in [0.25, 0.3) is 0 Å². The summed E-state index contributed by atoms with van der Waals surface area (Å²) in [6, 6.07) is 0. The molecule has 0 aromatic carbocycles. The lowest BCUT2D eigenvalue weighted by molar-refractivity contribution is -0.140. The standard InChI is InChI=1S/C10H16O5/c1-6(13)8(4-11)7-2-3-15-10(14)9(7)5-12/h6,8,11-13H,2-5H2,1H3. The van der Waals surface area contributed by atoms with Gasteiger partial charge in [0.1, 0.15) is 0 Å². The molecule has 2 atom stereocenters. The number of rotatable bonds is 4. The minimum absolute atomic E-state index is 0.168. The van der Waals surface area contributed by atoms with Gasteiger partial charge in [-0.15, -0.1) is 0 Å². The third-order valence-corrected chi connectivity index (χ3v) is 2.62. The van der Waals surface area contributed by atoms with E-state index in [9.17, 15) is 9.90 Å². The molecule has 0 fully saturated rings. The largest absolute Gasteiger partial charge is 0.462 e. The summed E-state index contributed by atoms with van der Waals surface area (Å²) >= 11 is 0. The van der Waals surface area contributed by atoms with E-state index in [1.807, 2.05) is 0 Å².